The van der Waals surface area contributed by atoms with Gasteiger partial charge in [-0.05, 0) is 43.2 Å². The van der Waals surface area contributed by atoms with Crippen LogP contribution in [0.2, 0.25) is 0 Å². The molecule has 0 aliphatic carbocycles. The first-order valence-electron chi connectivity index (χ1n) is 8.36. The molecule has 1 aromatic heterocycles. The van der Waals surface area contributed by atoms with E-state index in [4.69, 9.17) is 0 Å². The largest absolute Gasteiger partial charge is 0.416 e. The number of para-hydroxylation sites is 2. The number of fused-ring (bicyclic) bond motifs is 1. The summed E-state index contributed by atoms with van der Waals surface area (Å²) in [6.45, 7) is 0.497. The molecule has 7 heteroatoms. The van der Waals surface area contributed by atoms with Crippen LogP contribution < -0.4 is 0 Å². The fraction of sp³-hybridized carbons (Fsp3) is 0.263. The summed E-state index contributed by atoms with van der Waals surface area (Å²) < 4.78 is 38.8. The summed E-state index contributed by atoms with van der Waals surface area (Å²) in [5.74, 6) is 0.267. The lowest BCUT2D eigenvalue weighted by Crippen LogP contribution is -2.31. The number of halogens is 3. The third kappa shape index (κ3) is 2.94. The van der Waals surface area contributed by atoms with E-state index in [9.17, 15) is 18.0 Å². The molecule has 4 nitrogen and oxygen atoms in total. The van der Waals surface area contributed by atoms with Gasteiger partial charge in [-0.15, -0.1) is 0 Å². The van der Waals surface area contributed by atoms with Crippen LogP contribution in [0.1, 0.15) is 40.6 Å². The van der Waals surface area contributed by atoms with E-state index in [1.165, 1.54) is 12.1 Å². The standard InChI is InChI=1S/C19H16F3N3O/c20-19(21,22)13-6-3-5-12(11-13)18(26)25-10-4-9-16(25)17-23-14-7-1-2-8-15(14)24-17/h1-3,5-8,11,16H,4,9-10H2,(H,23,24)/t16-/m1/s1. The summed E-state index contributed by atoms with van der Waals surface area (Å²) >= 11 is 0. The lowest BCUT2D eigenvalue weighted by molar-refractivity contribution is -0.137. The number of amides is 1. The van der Waals surface area contributed by atoms with Crippen LogP contribution in [-0.4, -0.2) is 27.3 Å². The van der Waals surface area contributed by atoms with E-state index in [1.54, 1.807) is 4.90 Å². The topological polar surface area (TPSA) is 49.0 Å². The summed E-state index contributed by atoms with van der Waals surface area (Å²) in [6, 6.07) is 11.9. The Balaban J connectivity index is 1.65. The Morgan fingerprint density at radius 1 is 1.15 bits per heavy atom. The van der Waals surface area contributed by atoms with Crippen LogP contribution in [0.4, 0.5) is 13.2 Å². The molecule has 0 bridgehead atoms. The first-order chi connectivity index (χ1) is 12.4. The van der Waals surface area contributed by atoms with Crippen molar-refractivity contribution in [3.05, 3.63) is 65.5 Å². The Hall–Kier alpha value is -2.83. The molecule has 0 unspecified atom stereocenters. The molecule has 1 aliphatic rings. The molecule has 1 saturated heterocycles. The molecule has 2 heterocycles. The Morgan fingerprint density at radius 3 is 2.73 bits per heavy atom. The molecule has 0 spiro atoms. The lowest BCUT2D eigenvalue weighted by atomic mass is 10.1. The minimum Gasteiger partial charge on any atom is -0.340 e. The second kappa shape index (κ2) is 6.16. The Labute approximate surface area is 147 Å². The number of carbonyl (C=O) groups excluding carboxylic acids is 1. The maximum Gasteiger partial charge on any atom is 0.416 e. The first kappa shape index (κ1) is 16.6. The summed E-state index contributed by atoms with van der Waals surface area (Å²) in [7, 11) is 0. The van der Waals surface area contributed by atoms with Crippen LogP contribution in [0.15, 0.2) is 48.5 Å². The number of benzene rings is 2. The molecule has 1 amide bonds. The van der Waals surface area contributed by atoms with Crippen LogP contribution >= 0.6 is 0 Å². The SMILES string of the molecule is O=C(c1cccc(C(F)(F)F)c1)N1CCC[C@@H]1c1nc2ccccc2[nH]1. The van der Waals surface area contributed by atoms with Crippen molar-refractivity contribution in [1.29, 1.82) is 0 Å². The number of alkyl halides is 3. The number of nitrogens with one attached hydrogen (secondary N) is 1. The van der Waals surface area contributed by atoms with Gasteiger partial charge in [0.1, 0.15) is 5.82 Å². The van der Waals surface area contributed by atoms with Crippen LogP contribution in [0.5, 0.6) is 0 Å². The first-order valence-corrected chi connectivity index (χ1v) is 8.36. The van der Waals surface area contributed by atoms with Gasteiger partial charge in [0.25, 0.3) is 5.91 Å². The number of carbonyl (C=O) groups is 1. The van der Waals surface area contributed by atoms with Crippen molar-refractivity contribution >= 4 is 16.9 Å². The van der Waals surface area contributed by atoms with Crippen molar-refractivity contribution in [2.24, 2.45) is 0 Å². The molecule has 1 aliphatic heterocycles. The molecule has 1 fully saturated rings. The summed E-state index contributed by atoms with van der Waals surface area (Å²) in [5, 5.41) is 0. The van der Waals surface area contributed by atoms with Crippen molar-refractivity contribution in [2.45, 2.75) is 25.1 Å². The Kier molecular flexibility index (Phi) is 3.94. The zero-order chi connectivity index (χ0) is 18.3. The molecule has 3 aromatic rings. The maximum absolute atomic E-state index is 12.9. The number of aromatic nitrogens is 2. The van der Waals surface area contributed by atoms with Gasteiger partial charge in [-0.3, -0.25) is 4.79 Å². The van der Waals surface area contributed by atoms with Crippen LogP contribution in [0.3, 0.4) is 0 Å². The number of rotatable bonds is 2. The van der Waals surface area contributed by atoms with Gasteiger partial charge < -0.3 is 9.88 Å². The number of imidazole rings is 1. The molecule has 134 valence electrons. The summed E-state index contributed by atoms with van der Waals surface area (Å²) in [5.41, 5.74) is 0.910. The van der Waals surface area contributed by atoms with Crippen molar-refractivity contribution in [1.82, 2.24) is 14.9 Å². The van der Waals surface area contributed by atoms with E-state index in [2.05, 4.69) is 9.97 Å². The Morgan fingerprint density at radius 2 is 1.96 bits per heavy atom. The zero-order valence-corrected chi connectivity index (χ0v) is 13.8. The third-order valence-electron chi connectivity index (χ3n) is 4.67. The molecular weight excluding hydrogens is 343 g/mol. The number of likely N-dealkylation sites (tertiary alicyclic amines) is 1. The fourth-order valence-electron chi connectivity index (χ4n) is 3.42. The number of H-pyrrole nitrogens is 1. The average Bonchev–Trinajstić information content (AvgIpc) is 3.26. The van der Waals surface area contributed by atoms with Gasteiger partial charge in [-0.25, -0.2) is 4.98 Å². The van der Waals surface area contributed by atoms with Gasteiger partial charge in [0.05, 0.1) is 22.6 Å². The third-order valence-corrected chi connectivity index (χ3v) is 4.67. The van der Waals surface area contributed by atoms with Crippen molar-refractivity contribution in [3.8, 4) is 0 Å². The van der Waals surface area contributed by atoms with Gasteiger partial charge in [0, 0.05) is 12.1 Å². The highest BCUT2D eigenvalue weighted by molar-refractivity contribution is 5.95. The van der Waals surface area contributed by atoms with Crippen LogP contribution in [0.25, 0.3) is 11.0 Å². The molecule has 0 radical (unpaired) electrons. The number of hydrogen-bond acceptors (Lipinski definition) is 2. The Bertz CT molecular complexity index is 931. The van der Waals surface area contributed by atoms with E-state index in [1.807, 2.05) is 24.3 Å². The second-order valence-corrected chi connectivity index (χ2v) is 6.37. The van der Waals surface area contributed by atoms with Crippen molar-refractivity contribution < 1.29 is 18.0 Å². The van der Waals surface area contributed by atoms with E-state index in [-0.39, 0.29) is 11.6 Å². The highest BCUT2D eigenvalue weighted by Gasteiger charge is 2.35. The number of aromatic amines is 1. The van der Waals surface area contributed by atoms with Crippen molar-refractivity contribution in [3.63, 3.8) is 0 Å². The fourth-order valence-corrected chi connectivity index (χ4v) is 3.42. The highest BCUT2D eigenvalue weighted by Crippen LogP contribution is 2.34. The van der Waals surface area contributed by atoms with Gasteiger partial charge >= 0.3 is 6.18 Å². The van der Waals surface area contributed by atoms with Crippen LogP contribution in [-0.2, 0) is 6.18 Å². The van der Waals surface area contributed by atoms with E-state index < -0.39 is 17.6 Å². The highest BCUT2D eigenvalue weighted by atomic mass is 19.4. The summed E-state index contributed by atoms with van der Waals surface area (Å²) in [6.07, 6.45) is -2.96. The summed E-state index contributed by atoms with van der Waals surface area (Å²) in [4.78, 5) is 22.2. The molecule has 1 N–H and O–H groups in total. The van der Waals surface area contributed by atoms with E-state index in [0.29, 0.717) is 12.4 Å². The normalized spacial score (nSPS) is 17.8. The van der Waals surface area contributed by atoms with Crippen LogP contribution in [0, 0.1) is 0 Å². The van der Waals surface area contributed by atoms with Gasteiger partial charge in [-0.1, -0.05) is 18.2 Å². The monoisotopic (exact) mass is 359 g/mol. The van der Waals surface area contributed by atoms with Gasteiger partial charge in [-0.2, -0.15) is 13.2 Å². The van der Waals surface area contributed by atoms with E-state index >= 15 is 0 Å². The quantitative estimate of drug-likeness (QED) is 0.729. The number of hydrogen-bond donors (Lipinski definition) is 1. The van der Waals surface area contributed by atoms with Crippen molar-refractivity contribution in [2.75, 3.05) is 6.54 Å². The molecule has 26 heavy (non-hydrogen) atoms. The van der Waals surface area contributed by atoms with E-state index in [0.717, 1.165) is 36.0 Å². The molecule has 2 aromatic carbocycles. The second-order valence-electron chi connectivity index (χ2n) is 6.37. The number of nitrogens with zero attached hydrogens (tertiary/aromatic N) is 2. The predicted molar refractivity (Wildman–Crippen MR) is 90.5 cm³/mol. The van der Waals surface area contributed by atoms with Gasteiger partial charge in [0.2, 0.25) is 0 Å². The van der Waals surface area contributed by atoms with Gasteiger partial charge in [0.15, 0.2) is 0 Å². The average molecular weight is 359 g/mol. The minimum absolute atomic E-state index is 0.0443. The maximum atomic E-state index is 12.9. The smallest absolute Gasteiger partial charge is 0.340 e. The minimum atomic E-state index is -4.47. The molecular formula is C19H16F3N3O. The molecule has 0 saturated carbocycles. The molecule has 1 atom stereocenters. The predicted octanol–water partition coefficient (Wildman–Crippen LogP) is 4.56. The zero-order valence-electron chi connectivity index (χ0n) is 13.8. The molecule has 4 rings (SSSR count). The lowest BCUT2D eigenvalue weighted by Gasteiger charge is -2.23.